The summed E-state index contributed by atoms with van der Waals surface area (Å²) in [5.74, 6) is -5.89. The van der Waals surface area contributed by atoms with Gasteiger partial charge in [-0.3, -0.25) is 5.32 Å². The molecule has 1 aromatic heterocycles. The Hall–Kier alpha value is -2.55. The number of hydrogen-bond acceptors (Lipinski definition) is 3. The van der Waals surface area contributed by atoms with Crippen molar-refractivity contribution in [3.63, 3.8) is 0 Å². The number of carbonyl (C=O) groups excluding carboxylic acids is 1. The van der Waals surface area contributed by atoms with Gasteiger partial charge in [-0.2, -0.15) is 0 Å². The molecule has 21 heavy (non-hydrogen) atoms. The third-order valence-electron chi connectivity index (χ3n) is 2.41. The molecule has 0 unspecified atom stereocenters. The quantitative estimate of drug-likeness (QED) is 0.758. The summed E-state index contributed by atoms with van der Waals surface area (Å²) in [7, 11) is 0. The Kier molecular flexibility index (Phi) is 4.13. The number of thiophene rings is 1. The average molecular weight is 316 g/mol. The van der Waals surface area contributed by atoms with Gasteiger partial charge in [0.25, 0.3) is 0 Å². The lowest BCUT2D eigenvalue weighted by Gasteiger charge is -2.08. The van der Waals surface area contributed by atoms with E-state index in [4.69, 9.17) is 5.11 Å². The molecular weight excluding hydrogens is 309 g/mol. The van der Waals surface area contributed by atoms with E-state index in [1.54, 1.807) is 0 Å². The molecule has 9 heteroatoms. The average Bonchev–Trinajstić information content (AvgIpc) is 2.88. The molecule has 0 aliphatic rings. The third-order valence-corrected chi connectivity index (χ3v) is 3.24. The first-order valence-electron chi connectivity index (χ1n) is 5.42. The third kappa shape index (κ3) is 3.14. The molecule has 0 saturated carbocycles. The van der Waals surface area contributed by atoms with Gasteiger partial charge in [0.15, 0.2) is 17.5 Å². The topological polar surface area (TPSA) is 78.4 Å². The first-order valence-corrected chi connectivity index (χ1v) is 6.30. The van der Waals surface area contributed by atoms with E-state index >= 15 is 0 Å². The lowest BCUT2D eigenvalue weighted by molar-refractivity contribution is 0.0698. The number of aromatic carboxylic acids is 1. The Morgan fingerprint density at radius 3 is 2.43 bits per heavy atom. The van der Waals surface area contributed by atoms with Crippen LogP contribution < -0.4 is 10.6 Å². The molecule has 0 fully saturated rings. The number of carboxylic acid groups (broad SMARTS) is 1. The minimum atomic E-state index is -1.71. The maximum atomic E-state index is 13.4. The predicted octanol–water partition coefficient (Wildman–Crippen LogP) is 3.51. The van der Waals surface area contributed by atoms with E-state index in [-0.39, 0.29) is 10.6 Å². The van der Waals surface area contributed by atoms with Gasteiger partial charge >= 0.3 is 12.0 Å². The highest BCUT2D eigenvalue weighted by Crippen LogP contribution is 2.24. The van der Waals surface area contributed by atoms with Crippen LogP contribution in [-0.2, 0) is 0 Å². The van der Waals surface area contributed by atoms with Crippen LogP contribution in [-0.4, -0.2) is 17.1 Å². The molecule has 0 radical (unpaired) electrons. The second-order valence-corrected chi connectivity index (χ2v) is 4.69. The van der Waals surface area contributed by atoms with Crippen molar-refractivity contribution >= 4 is 34.0 Å². The Morgan fingerprint density at radius 2 is 1.76 bits per heavy atom. The van der Waals surface area contributed by atoms with Crippen molar-refractivity contribution in [2.75, 3.05) is 10.6 Å². The van der Waals surface area contributed by atoms with Crippen LogP contribution in [0.25, 0.3) is 0 Å². The van der Waals surface area contributed by atoms with E-state index in [0.717, 1.165) is 17.4 Å². The van der Waals surface area contributed by atoms with Crippen LogP contribution in [0.2, 0.25) is 0 Å². The van der Waals surface area contributed by atoms with Crippen LogP contribution >= 0.6 is 11.3 Å². The highest BCUT2D eigenvalue weighted by molar-refractivity contribution is 7.14. The molecule has 0 bridgehead atoms. The van der Waals surface area contributed by atoms with Crippen molar-refractivity contribution in [2.45, 2.75) is 0 Å². The zero-order valence-electron chi connectivity index (χ0n) is 10.1. The first kappa shape index (κ1) is 14.9. The molecule has 2 amide bonds. The van der Waals surface area contributed by atoms with E-state index in [2.05, 4.69) is 5.32 Å². The van der Waals surface area contributed by atoms with E-state index < -0.39 is 35.1 Å². The molecule has 2 rings (SSSR count). The number of benzene rings is 1. The van der Waals surface area contributed by atoms with Gasteiger partial charge in [0.1, 0.15) is 5.00 Å². The lowest BCUT2D eigenvalue weighted by atomic mass is 10.3. The summed E-state index contributed by atoms with van der Waals surface area (Å²) < 4.78 is 39.1. The van der Waals surface area contributed by atoms with Crippen LogP contribution in [0, 0.1) is 17.5 Å². The van der Waals surface area contributed by atoms with Crippen LogP contribution in [0.3, 0.4) is 0 Å². The van der Waals surface area contributed by atoms with E-state index in [0.29, 0.717) is 6.07 Å². The fourth-order valence-corrected chi connectivity index (χ4v) is 2.23. The summed E-state index contributed by atoms with van der Waals surface area (Å²) >= 11 is 0.946. The summed E-state index contributed by atoms with van der Waals surface area (Å²) in [6.07, 6.45) is 0. The van der Waals surface area contributed by atoms with Gasteiger partial charge in [-0.25, -0.2) is 22.8 Å². The molecule has 1 heterocycles. The maximum absolute atomic E-state index is 13.4. The van der Waals surface area contributed by atoms with Gasteiger partial charge in [0, 0.05) is 0 Å². The van der Waals surface area contributed by atoms with Crippen LogP contribution in [0.4, 0.5) is 28.7 Å². The standard InChI is InChI=1S/C12H7F3N2O3S/c13-6-1-2-7(9(15)8(6)14)16-12(20)17-10-5(11(18)19)3-4-21-10/h1-4H,(H,18,19)(H2,16,17,20). The summed E-state index contributed by atoms with van der Waals surface area (Å²) in [4.78, 5) is 22.5. The van der Waals surface area contributed by atoms with Crippen molar-refractivity contribution < 1.29 is 27.9 Å². The van der Waals surface area contributed by atoms with E-state index in [1.165, 1.54) is 11.4 Å². The lowest BCUT2D eigenvalue weighted by Crippen LogP contribution is -2.21. The number of carbonyl (C=O) groups is 2. The van der Waals surface area contributed by atoms with Gasteiger partial charge in [-0.05, 0) is 23.6 Å². The zero-order valence-corrected chi connectivity index (χ0v) is 10.9. The predicted molar refractivity (Wildman–Crippen MR) is 70.2 cm³/mol. The summed E-state index contributed by atoms with van der Waals surface area (Å²) in [5, 5.41) is 14.5. The number of rotatable bonds is 3. The normalized spacial score (nSPS) is 10.2. The second kappa shape index (κ2) is 5.83. The molecule has 0 spiro atoms. The number of urea groups is 1. The van der Waals surface area contributed by atoms with Gasteiger partial charge in [-0.15, -0.1) is 11.3 Å². The fourth-order valence-electron chi connectivity index (χ4n) is 1.45. The Morgan fingerprint density at radius 1 is 1.05 bits per heavy atom. The smallest absolute Gasteiger partial charge is 0.338 e. The fraction of sp³-hybridized carbons (Fsp3) is 0. The van der Waals surface area contributed by atoms with Crippen molar-refractivity contribution in [1.82, 2.24) is 0 Å². The summed E-state index contributed by atoms with van der Waals surface area (Å²) in [5.41, 5.74) is -0.708. The maximum Gasteiger partial charge on any atom is 0.338 e. The van der Waals surface area contributed by atoms with Gasteiger partial charge < -0.3 is 10.4 Å². The van der Waals surface area contributed by atoms with Crippen molar-refractivity contribution in [1.29, 1.82) is 0 Å². The number of nitrogens with one attached hydrogen (secondary N) is 2. The molecule has 2 aromatic rings. The number of halogens is 3. The van der Waals surface area contributed by atoms with Crippen LogP contribution in [0.1, 0.15) is 10.4 Å². The Bertz CT molecular complexity index is 718. The number of amides is 2. The SMILES string of the molecule is O=C(Nc1ccc(F)c(F)c1F)Nc1sccc1C(=O)O. The zero-order chi connectivity index (χ0) is 15.6. The highest BCUT2D eigenvalue weighted by atomic mass is 32.1. The first-order chi connectivity index (χ1) is 9.90. The minimum absolute atomic E-state index is 0.0305. The van der Waals surface area contributed by atoms with Gasteiger partial charge in [0.2, 0.25) is 0 Å². The molecular formula is C12H7F3N2O3S. The summed E-state index contributed by atoms with van der Waals surface area (Å²) in [6.45, 7) is 0. The summed E-state index contributed by atoms with van der Waals surface area (Å²) in [6, 6.07) is 1.80. The van der Waals surface area contributed by atoms with Crippen LogP contribution in [0.15, 0.2) is 23.6 Å². The molecule has 0 aliphatic carbocycles. The highest BCUT2D eigenvalue weighted by Gasteiger charge is 2.17. The molecule has 110 valence electrons. The number of hydrogen-bond donors (Lipinski definition) is 3. The molecule has 1 aromatic carbocycles. The minimum Gasteiger partial charge on any atom is -0.478 e. The number of anilines is 2. The molecule has 0 saturated heterocycles. The molecule has 5 nitrogen and oxygen atoms in total. The largest absolute Gasteiger partial charge is 0.478 e. The van der Waals surface area contributed by atoms with E-state index in [9.17, 15) is 22.8 Å². The molecule has 0 atom stereocenters. The Balaban J connectivity index is 2.14. The van der Waals surface area contributed by atoms with Crippen molar-refractivity contribution in [2.24, 2.45) is 0 Å². The monoisotopic (exact) mass is 316 g/mol. The van der Waals surface area contributed by atoms with Crippen molar-refractivity contribution in [3.05, 3.63) is 46.6 Å². The van der Waals surface area contributed by atoms with Gasteiger partial charge in [-0.1, -0.05) is 0 Å². The Labute approximate surface area is 120 Å². The number of carboxylic acids is 1. The van der Waals surface area contributed by atoms with Gasteiger partial charge in [0.05, 0.1) is 11.3 Å². The molecule has 3 N–H and O–H groups in total. The van der Waals surface area contributed by atoms with E-state index in [1.807, 2.05) is 5.32 Å². The second-order valence-electron chi connectivity index (χ2n) is 3.77. The molecule has 0 aliphatic heterocycles. The van der Waals surface area contributed by atoms with Crippen molar-refractivity contribution in [3.8, 4) is 0 Å². The van der Waals surface area contributed by atoms with Crippen LogP contribution in [0.5, 0.6) is 0 Å².